The molecule has 0 aliphatic heterocycles. The van der Waals surface area contributed by atoms with Crippen LogP contribution in [0.3, 0.4) is 0 Å². The van der Waals surface area contributed by atoms with Gasteiger partial charge < -0.3 is 5.73 Å². The highest BCUT2D eigenvalue weighted by atomic mass is 19.1. The van der Waals surface area contributed by atoms with Crippen LogP contribution in [0.25, 0.3) is 11.1 Å². The molecule has 0 radical (unpaired) electrons. The van der Waals surface area contributed by atoms with Crippen molar-refractivity contribution in [2.45, 2.75) is 6.92 Å². The number of nitrogens with zero attached hydrogens (tertiary/aromatic N) is 2. The number of nitrogens with two attached hydrogens (primary N) is 1. The van der Waals surface area contributed by atoms with Crippen LogP contribution in [0.1, 0.15) is 5.56 Å². The number of rotatable bonds is 1. The number of aromatic nitrogens is 2. The number of halogens is 1. The molecule has 0 fully saturated rings. The van der Waals surface area contributed by atoms with Crippen molar-refractivity contribution < 1.29 is 4.39 Å². The average molecular weight is 203 g/mol. The lowest BCUT2D eigenvalue weighted by Crippen LogP contribution is -1.95. The van der Waals surface area contributed by atoms with Crippen LogP contribution in [0, 0.1) is 12.7 Å². The van der Waals surface area contributed by atoms with E-state index in [1.54, 1.807) is 24.7 Å². The van der Waals surface area contributed by atoms with Gasteiger partial charge >= 0.3 is 0 Å². The van der Waals surface area contributed by atoms with Crippen LogP contribution in [-0.4, -0.2) is 9.97 Å². The molecule has 0 bridgehead atoms. The Morgan fingerprint density at radius 2 is 1.93 bits per heavy atom. The normalized spacial score (nSPS) is 10.3. The number of anilines is 1. The molecule has 2 aromatic heterocycles. The molecule has 0 aliphatic carbocycles. The monoisotopic (exact) mass is 203 g/mol. The lowest BCUT2D eigenvalue weighted by molar-refractivity contribution is 0.625. The lowest BCUT2D eigenvalue weighted by Gasteiger charge is -2.07. The molecule has 0 spiro atoms. The first kappa shape index (κ1) is 9.58. The van der Waals surface area contributed by atoms with Gasteiger partial charge in [-0.15, -0.1) is 0 Å². The fraction of sp³-hybridized carbons (Fsp3) is 0.0909. The summed E-state index contributed by atoms with van der Waals surface area (Å²) in [5, 5.41) is 0. The topological polar surface area (TPSA) is 51.8 Å². The van der Waals surface area contributed by atoms with Gasteiger partial charge in [-0.25, -0.2) is 4.39 Å². The molecule has 76 valence electrons. The van der Waals surface area contributed by atoms with Gasteiger partial charge in [0.25, 0.3) is 0 Å². The first-order valence-electron chi connectivity index (χ1n) is 4.50. The smallest absolute Gasteiger partial charge is 0.149 e. The maximum absolute atomic E-state index is 13.5. The number of pyridine rings is 2. The zero-order valence-corrected chi connectivity index (χ0v) is 8.24. The highest BCUT2D eigenvalue weighted by molar-refractivity contribution is 5.71. The van der Waals surface area contributed by atoms with Gasteiger partial charge in [-0.05, 0) is 18.6 Å². The fourth-order valence-corrected chi connectivity index (χ4v) is 1.41. The summed E-state index contributed by atoms with van der Waals surface area (Å²) in [6.07, 6.45) is 5.88. The van der Waals surface area contributed by atoms with Crippen LogP contribution in [-0.2, 0) is 0 Å². The second kappa shape index (κ2) is 3.65. The Hall–Kier alpha value is -1.97. The van der Waals surface area contributed by atoms with Crippen molar-refractivity contribution in [2.75, 3.05) is 5.73 Å². The third kappa shape index (κ3) is 1.66. The summed E-state index contributed by atoms with van der Waals surface area (Å²) in [4.78, 5) is 7.65. The number of nitrogen functional groups attached to an aromatic ring is 1. The average Bonchev–Trinajstić information content (AvgIpc) is 2.23. The third-order valence-corrected chi connectivity index (χ3v) is 2.32. The van der Waals surface area contributed by atoms with E-state index in [1.807, 2.05) is 6.92 Å². The quantitative estimate of drug-likeness (QED) is 0.772. The van der Waals surface area contributed by atoms with Crippen LogP contribution < -0.4 is 5.73 Å². The van der Waals surface area contributed by atoms with E-state index in [0.29, 0.717) is 16.8 Å². The zero-order chi connectivity index (χ0) is 10.8. The second-order valence-electron chi connectivity index (χ2n) is 3.26. The molecule has 0 amide bonds. The van der Waals surface area contributed by atoms with Gasteiger partial charge in [-0.1, -0.05) is 0 Å². The first-order valence-corrected chi connectivity index (χ1v) is 4.50. The van der Waals surface area contributed by atoms with E-state index in [0.717, 1.165) is 5.56 Å². The van der Waals surface area contributed by atoms with Gasteiger partial charge in [0.05, 0.1) is 18.1 Å². The standard InChI is InChI=1S/C11H10FN3/c1-7-9(4-15-6-11(7)13)8-2-3-14-5-10(8)12/h2-6H,13H2,1H3. The summed E-state index contributed by atoms with van der Waals surface area (Å²) < 4.78 is 13.5. The molecule has 3 nitrogen and oxygen atoms in total. The van der Waals surface area contributed by atoms with Crippen molar-refractivity contribution in [1.29, 1.82) is 0 Å². The minimum Gasteiger partial charge on any atom is -0.397 e. The van der Waals surface area contributed by atoms with Crippen LogP contribution in [0.5, 0.6) is 0 Å². The maximum atomic E-state index is 13.5. The van der Waals surface area contributed by atoms with Gasteiger partial charge in [-0.3, -0.25) is 9.97 Å². The van der Waals surface area contributed by atoms with Crippen molar-refractivity contribution in [3.63, 3.8) is 0 Å². The van der Waals surface area contributed by atoms with Gasteiger partial charge in [-0.2, -0.15) is 0 Å². The summed E-state index contributed by atoms with van der Waals surface area (Å²) in [7, 11) is 0. The molecule has 2 N–H and O–H groups in total. The molecule has 0 saturated heterocycles. The third-order valence-electron chi connectivity index (χ3n) is 2.32. The molecule has 0 atom stereocenters. The zero-order valence-electron chi connectivity index (χ0n) is 8.24. The molecule has 0 aromatic carbocycles. The molecular weight excluding hydrogens is 193 g/mol. The van der Waals surface area contributed by atoms with Gasteiger partial charge in [0.2, 0.25) is 0 Å². The Morgan fingerprint density at radius 3 is 2.67 bits per heavy atom. The van der Waals surface area contributed by atoms with E-state index < -0.39 is 0 Å². The highest BCUT2D eigenvalue weighted by Crippen LogP contribution is 2.27. The number of hydrogen-bond donors (Lipinski definition) is 1. The molecule has 0 saturated carbocycles. The van der Waals surface area contributed by atoms with Crippen molar-refractivity contribution in [2.24, 2.45) is 0 Å². The van der Waals surface area contributed by atoms with Crippen LogP contribution in [0.4, 0.5) is 10.1 Å². The van der Waals surface area contributed by atoms with Crippen molar-refractivity contribution >= 4 is 5.69 Å². The van der Waals surface area contributed by atoms with E-state index in [4.69, 9.17) is 5.73 Å². The minimum absolute atomic E-state index is 0.368. The van der Waals surface area contributed by atoms with Gasteiger partial charge in [0.15, 0.2) is 0 Å². The van der Waals surface area contributed by atoms with E-state index in [1.165, 1.54) is 6.20 Å². The molecular formula is C11H10FN3. The molecule has 4 heteroatoms. The fourth-order valence-electron chi connectivity index (χ4n) is 1.41. The van der Waals surface area contributed by atoms with E-state index in [9.17, 15) is 4.39 Å². The van der Waals surface area contributed by atoms with Crippen LogP contribution in [0.15, 0.2) is 30.9 Å². The van der Waals surface area contributed by atoms with E-state index in [2.05, 4.69) is 9.97 Å². The largest absolute Gasteiger partial charge is 0.397 e. The summed E-state index contributed by atoms with van der Waals surface area (Å²) in [6, 6.07) is 1.61. The Kier molecular flexibility index (Phi) is 2.33. The first-order chi connectivity index (χ1) is 7.20. The Balaban J connectivity index is 2.65. The molecule has 2 heterocycles. The molecule has 2 aromatic rings. The van der Waals surface area contributed by atoms with Crippen LogP contribution in [0.2, 0.25) is 0 Å². The van der Waals surface area contributed by atoms with Gasteiger partial charge in [0, 0.05) is 23.5 Å². The molecule has 0 aliphatic rings. The SMILES string of the molecule is Cc1c(N)cncc1-c1ccncc1F. The van der Waals surface area contributed by atoms with E-state index in [-0.39, 0.29) is 5.82 Å². The van der Waals surface area contributed by atoms with E-state index >= 15 is 0 Å². The minimum atomic E-state index is -0.368. The van der Waals surface area contributed by atoms with Crippen molar-refractivity contribution in [3.8, 4) is 11.1 Å². The predicted molar refractivity (Wildman–Crippen MR) is 56.6 cm³/mol. The predicted octanol–water partition coefficient (Wildman–Crippen LogP) is 2.17. The molecule has 0 unspecified atom stereocenters. The summed E-state index contributed by atoms with van der Waals surface area (Å²) >= 11 is 0. The van der Waals surface area contributed by atoms with Crippen molar-refractivity contribution in [1.82, 2.24) is 9.97 Å². The maximum Gasteiger partial charge on any atom is 0.149 e. The summed E-state index contributed by atoms with van der Waals surface area (Å²) in [6.45, 7) is 1.84. The molecule has 2 rings (SSSR count). The Bertz CT molecular complexity index is 497. The van der Waals surface area contributed by atoms with Gasteiger partial charge in [0.1, 0.15) is 5.82 Å². The Morgan fingerprint density at radius 1 is 1.13 bits per heavy atom. The highest BCUT2D eigenvalue weighted by Gasteiger charge is 2.09. The van der Waals surface area contributed by atoms with Crippen LogP contribution >= 0.6 is 0 Å². The lowest BCUT2D eigenvalue weighted by atomic mass is 10.0. The number of hydrogen-bond acceptors (Lipinski definition) is 3. The van der Waals surface area contributed by atoms with Crippen molar-refractivity contribution in [3.05, 3.63) is 42.2 Å². The molecule has 15 heavy (non-hydrogen) atoms. The summed E-state index contributed by atoms with van der Waals surface area (Å²) in [5.74, 6) is -0.368. The Labute approximate surface area is 86.8 Å². The second-order valence-corrected chi connectivity index (χ2v) is 3.26. The summed E-state index contributed by atoms with van der Waals surface area (Å²) in [5.41, 5.74) is 8.27.